The van der Waals surface area contributed by atoms with Crippen molar-refractivity contribution in [2.45, 2.75) is 18.6 Å². The Morgan fingerprint density at radius 2 is 2.40 bits per heavy atom. The molecule has 0 aliphatic carbocycles. The Bertz CT molecular complexity index is 362. The number of aldehydes is 1. The third-order valence-corrected chi connectivity index (χ3v) is 4.60. The fourth-order valence-corrected chi connectivity index (χ4v) is 3.52. The lowest BCUT2D eigenvalue weighted by Gasteiger charge is -2.37. The second-order valence-electron chi connectivity index (χ2n) is 4.19. The first kappa shape index (κ1) is 11.0. The van der Waals surface area contributed by atoms with Crippen molar-refractivity contribution in [2.75, 3.05) is 23.7 Å². The molecule has 5 heteroatoms. The van der Waals surface area contributed by atoms with Gasteiger partial charge in [0.05, 0.1) is 11.1 Å². The van der Waals surface area contributed by atoms with Gasteiger partial charge >= 0.3 is 0 Å². The van der Waals surface area contributed by atoms with Crippen LogP contribution in [0.1, 0.15) is 23.5 Å². The molecule has 1 aliphatic rings. The highest BCUT2D eigenvalue weighted by molar-refractivity contribution is 8.00. The summed E-state index contributed by atoms with van der Waals surface area (Å²) in [6, 6.07) is 0. The largest absolute Gasteiger partial charge is 0.346 e. The monoisotopic (exact) mass is 242 g/mol. The van der Waals surface area contributed by atoms with Crippen molar-refractivity contribution < 1.29 is 4.79 Å². The second-order valence-corrected chi connectivity index (χ2v) is 7.04. The summed E-state index contributed by atoms with van der Waals surface area (Å²) in [4.78, 5) is 17.8. The van der Waals surface area contributed by atoms with Crippen LogP contribution >= 0.6 is 23.1 Å². The molecule has 15 heavy (non-hydrogen) atoms. The highest BCUT2D eigenvalue weighted by atomic mass is 32.2. The number of nitrogens with zero attached hydrogens (tertiary/aromatic N) is 2. The van der Waals surface area contributed by atoms with Gasteiger partial charge in [0, 0.05) is 23.6 Å². The number of carbonyl (C=O) groups is 1. The average Bonchev–Trinajstić information content (AvgIpc) is 2.64. The summed E-state index contributed by atoms with van der Waals surface area (Å²) >= 11 is 3.47. The Balaban J connectivity index is 2.13. The molecule has 0 aromatic carbocycles. The first-order valence-corrected chi connectivity index (χ1v) is 6.71. The maximum atomic E-state index is 10.6. The molecular weight excluding hydrogens is 228 g/mol. The van der Waals surface area contributed by atoms with Crippen LogP contribution in [0.15, 0.2) is 6.20 Å². The van der Waals surface area contributed by atoms with E-state index in [1.165, 1.54) is 11.3 Å². The Morgan fingerprint density at radius 3 is 3.00 bits per heavy atom. The van der Waals surface area contributed by atoms with E-state index in [1.807, 2.05) is 11.8 Å². The zero-order valence-electron chi connectivity index (χ0n) is 8.90. The number of thioether (sulfide) groups is 1. The summed E-state index contributed by atoms with van der Waals surface area (Å²) < 4.78 is 0.283. The maximum Gasteiger partial charge on any atom is 0.186 e. The molecule has 0 atom stereocenters. The molecule has 2 heterocycles. The van der Waals surface area contributed by atoms with Crippen LogP contribution in [0.3, 0.4) is 0 Å². The van der Waals surface area contributed by atoms with Gasteiger partial charge in [0.15, 0.2) is 11.4 Å². The standard InChI is InChI=1S/C10H14N2OS2/c1-10(2)7-12(3-4-14-10)9-11-5-8(6-13)15-9/h5-6H,3-4,7H2,1-2H3. The summed E-state index contributed by atoms with van der Waals surface area (Å²) in [5, 5.41) is 0.977. The predicted octanol–water partition coefficient (Wildman–Crippen LogP) is 2.29. The van der Waals surface area contributed by atoms with Crippen LogP contribution in [-0.4, -0.2) is 34.9 Å². The fraction of sp³-hybridized carbons (Fsp3) is 0.600. The third kappa shape index (κ3) is 2.52. The van der Waals surface area contributed by atoms with E-state index in [-0.39, 0.29) is 4.75 Å². The molecule has 2 rings (SSSR count). The third-order valence-electron chi connectivity index (χ3n) is 2.32. The van der Waals surface area contributed by atoms with E-state index >= 15 is 0 Å². The van der Waals surface area contributed by atoms with Crippen molar-refractivity contribution in [1.29, 1.82) is 0 Å². The first-order chi connectivity index (χ1) is 7.11. The van der Waals surface area contributed by atoms with E-state index in [4.69, 9.17) is 0 Å². The lowest BCUT2D eigenvalue weighted by atomic mass is 10.2. The van der Waals surface area contributed by atoms with Gasteiger partial charge in [0.25, 0.3) is 0 Å². The van der Waals surface area contributed by atoms with E-state index < -0.39 is 0 Å². The van der Waals surface area contributed by atoms with Gasteiger partial charge in [-0.1, -0.05) is 11.3 Å². The Morgan fingerprint density at radius 1 is 1.60 bits per heavy atom. The van der Waals surface area contributed by atoms with Crippen molar-refractivity contribution in [3.8, 4) is 0 Å². The van der Waals surface area contributed by atoms with Crippen molar-refractivity contribution >= 4 is 34.5 Å². The van der Waals surface area contributed by atoms with Gasteiger partial charge in [-0.3, -0.25) is 4.79 Å². The van der Waals surface area contributed by atoms with Crippen LogP contribution in [0.2, 0.25) is 0 Å². The molecule has 0 unspecified atom stereocenters. The van der Waals surface area contributed by atoms with Gasteiger partial charge in [0.1, 0.15) is 0 Å². The van der Waals surface area contributed by atoms with Crippen LogP contribution in [0.4, 0.5) is 5.13 Å². The summed E-state index contributed by atoms with van der Waals surface area (Å²) in [6.45, 7) is 6.53. The number of thiazole rings is 1. The average molecular weight is 242 g/mol. The van der Waals surface area contributed by atoms with Gasteiger partial charge in [-0.2, -0.15) is 11.8 Å². The minimum absolute atomic E-state index is 0.283. The Kier molecular flexibility index (Phi) is 3.02. The molecule has 0 spiro atoms. The van der Waals surface area contributed by atoms with Crippen LogP contribution in [-0.2, 0) is 0 Å². The van der Waals surface area contributed by atoms with Crippen LogP contribution in [0, 0.1) is 0 Å². The minimum Gasteiger partial charge on any atom is -0.346 e. The molecular formula is C10H14N2OS2. The highest BCUT2D eigenvalue weighted by Crippen LogP contribution is 2.33. The molecule has 1 saturated heterocycles. The maximum absolute atomic E-state index is 10.6. The van der Waals surface area contributed by atoms with Crippen molar-refractivity contribution in [2.24, 2.45) is 0 Å². The number of rotatable bonds is 2. The quantitative estimate of drug-likeness (QED) is 0.745. The highest BCUT2D eigenvalue weighted by Gasteiger charge is 2.28. The predicted molar refractivity (Wildman–Crippen MR) is 66.3 cm³/mol. The van der Waals surface area contributed by atoms with Gasteiger partial charge in [-0.25, -0.2) is 4.98 Å². The van der Waals surface area contributed by atoms with Gasteiger partial charge in [-0.15, -0.1) is 0 Å². The molecule has 82 valence electrons. The van der Waals surface area contributed by atoms with Crippen molar-refractivity contribution in [3.63, 3.8) is 0 Å². The molecule has 0 radical (unpaired) electrons. The van der Waals surface area contributed by atoms with Crippen molar-refractivity contribution in [1.82, 2.24) is 4.98 Å². The van der Waals surface area contributed by atoms with Gasteiger partial charge in [0.2, 0.25) is 0 Å². The molecule has 0 saturated carbocycles. The lowest BCUT2D eigenvalue weighted by Crippen LogP contribution is -2.43. The van der Waals surface area contributed by atoms with E-state index in [9.17, 15) is 4.79 Å². The Hall–Kier alpha value is -0.550. The van der Waals surface area contributed by atoms with Gasteiger partial charge < -0.3 is 4.90 Å². The number of hydrogen-bond donors (Lipinski definition) is 0. The number of carbonyl (C=O) groups excluding carboxylic acids is 1. The lowest BCUT2D eigenvalue weighted by molar-refractivity contribution is 0.112. The normalized spacial score (nSPS) is 20.3. The van der Waals surface area contributed by atoms with Crippen molar-refractivity contribution in [3.05, 3.63) is 11.1 Å². The topological polar surface area (TPSA) is 33.2 Å². The van der Waals surface area contributed by atoms with Crippen LogP contribution in [0.25, 0.3) is 0 Å². The second kappa shape index (κ2) is 4.14. The van der Waals surface area contributed by atoms with E-state index in [2.05, 4.69) is 23.7 Å². The number of anilines is 1. The van der Waals surface area contributed by atoms with E-state index in [1.54, 1.807) is 6.20 Å². The summed E-state index contributed by atoms with van der Waals surface area (Å²) in [6.07, 6.45) is 2.52. The molecule has 1 fully saturated rings. The molecule has 0 N–H and O–H groups in total. The Labute approximate surface area is 97.9 Å². The van der Waals surface area contributed by atoms with E-state index in [0.29, 0.717) is 4.88 Å². The number of aromatic nitrogens is 1. The zero-order chi connectivity index (χ0) is 10.9. The summed E-state index contributed by atoms with van der Waals surface area (Å²) in [7, 11) is 0. The zero-order valence-corrected chi connectivity index (χ0v) is 10.5. The summed E-state index contributed by atoms with van der Waals surface area (Å²) in [5.41, 5.74) is 0. The SMILES string of the molecule is CC1(C)CN(c2ncc(C=O)s2)CCS1. The smallest absolute Gasteiger partial charge is 0.186 e. The van der Waals surface area contributed by atoms with E-state index in [0.717, 1.165) is 30.3 Å². The molecule has 1 aromatic heterocycles. The molecule has 1 aliphatic heterocycles. The minimum atomic E-state index is 0.283. The molecule has 0 amide bonds. The fourth-order valence-electron chi connectivity index (χ4n) is 1.66. The molecule has 3 nitrogen and oxygen atoms in total. The van der Waals surface area contributed by atoms with Gasteiger partial charge in [-0.05, 0) is 13.8 Å². The van der Waals surface area contributed by atoms with Crippen LogP contribution in [0.5, 0.6) is 0 Å². The first-order valence-electron chi connectivity index (χ1n) is 4.91. The number of hydrogen-bond acceptors (Lipinski definition) is 5. The molecule has 1 aromatic rings. The van der Waals surface area contributed by atoms with Crippen LogP contribution < -0.4 is 4.90 Å². The summed E-state index contributed by atoms with van der Waals surface area (Å²) in [5.74, 6) is 1.13. The molecule has 0 bridgehead atoms.